The molecule has 1 aliphatic rings. The second-order valence-electron chi connectivity index (χ2n) is 9.25. The molecule has 1 aliphatic heterocycles. The first-order chi connectivity index (χ1) is 17.4. The molecule has 1 amide bonds. The summed E-state index contributed by atoms with van der Waals surface area (Å²) in [5.74, 6) is -0.212. The van der Waals surface area contributed by atoms with E-state index in [1.807, 2.05) is 55.5 Å². The zero-order chi connectivity index (χ0) is 25.7. The third kappa shape index (κ3) is 5.31. The summed E-state index contributed by atoms with van der Waals surface area (Å²) in [6.45, 7) is 5.27. The summed E-state index contributed by atoms with van der Waals surface area (Å²) in [7, 11) is 1.57. The minimum absolute atomic E-state index is 0.129. The Balaban J connectivity index is 1.65. The van der Waals surface area contributed by atoms with E-state index in [9.17, 15) is 14.7 Å². The number of pyridine rings is 1. The molecule has 0 spiro atoms. The molecule has 3 aromatic rings. The quantitative estimate of drug-likeness (QED) is 0.448. The van der Waals surface area contributed by atoms with Crippen LogP contribution in [0.15, 0.2) is 53.3 Å². The molecule has 1 saturated heterocycles. The first-order valence-electron chi connectivity index (χ1n) is 12.5. The lowest BCUT2D eigenvalue weighted by atomic mass is 9.93. The smallest absolute Gasteiger partial charge is 0.264 e. The highest BCUT2D eigenvalue weighted by molar-refractivity contribution is 6.00. The standard InChI is InChI=1S/C29H34N2O5/c1-4-5-13-22-25(24-19(2)10-9-14-23(24)35-3)27(32)26(28(33)30-22)29(34)31-16-15-21(17-31)36-18-20-11-7-6-8-12-20/h6-12,14,21H,4-5,13,15-18H2,1-3H3,(H2,30,32,33)/t21-/m0/s1. The average Bonchev–Trinajstić information content (AvgIpc) is 3.36. The number of methoxy groups -OCH3 is 1. The van der Waals surface area contributed by atoms with Crippen molar-refractivity contribution < 1.29 is 19.4 Å². The number of nitrogens with one attached hydrogen (secondary N) is 1. The van der Waals surface area contributed by atoms with Crippen LogP contribution >= 0.6 is 0 Å². The number of hydrogen-bond donors (Lipinski definition) is 2. The van der Waals surface area contributed by atoms with Gasteiger partial charge in [0.15, 0.2) is 0 Å². The zero-order valence-corrected chi connectivity index (χ0v) is 21.2. The van der Waals surface area contributed by atoms with Crippen molar-refractivity contribution in [3.8, 4) is 22.6 Å². The summed E-state index contributed by atoms with van der Waals surface area (Å²) in [6, 6.07) is 15.5. The summed E-state index contributed by atoms with van der Waals surface area (Å²) >= 11 is 0. The number of aromatic amines is 1. The maximum Gasteiger partial charge on any atom is 0.264 e. The van der Waals surface area contributed by atoms with E-state index in [2.05, 4.69) is 11.9 Å². The lowest BCUT2D eigenvalue weighted by Gasteiger charge is -2.21. The van der Waals surface area contributed by atoms with Crippen molar-refractivity contribution in [1.82, 2.24) is 9.88 Å². The Morgan fingerprint density at radius 2 is 1.92 bits per heavy atom. The Kier molecular flexibility index (Phi) is 8.10. The molecule has 7 nitrogen and oxygen atoms in total. The van der Waals surface area contributed by atoms with Crippen molar-refractivity contribution >= 4 is 5.91 Å². The molecule has 2 aromatic carbocycles. The van der Waals surface area contributed by atoms with Gasteiger partial charge in [-0.25, -0.2) is 0 Å². The van der Waals surface area contributed by atoms with E-state index >= 15 is 0 Å². The Morgan fingerprint density at radius 3 is 2.64 bits per heavy atom. The maximum atomic E-state index is 13.5. The van der Waals surface area contributed by atoms with Crippen LogP contribution in [0.5, 0.6) is 11.5 Å². The fourth-order valence-corrected chi connectivity index (χ4v) is 4.77. The van der Waals surface area contributed by atoms with Gasteiger partial charge in [-0.3, -0.25) is 9.59 Å². The number of aromatic nitrogens is 1. The van der Waals surface area contributed by atoms with E-state index in [1.165, 1.54) is 0 Å². The highest BCUT2D eigenvalue weighted by atomic mass is 16.5. The number of carbonyl (C=O) groups excluding carboxylic acids is 1. The number of likely N-dealkylation sites (tertiary alicyclic amines) is 1. The van der Waals surface area contributed by atoms with Gasteiger partial charge in [0.25, 0.3) is 11.5 Å². The number of unbranched alkanes of at least 4 members (excludes halogenated alkanes) is 1. The Morgan fingerprint density at radius 1 is 1.14 bits per heavy atom. The molecule has 36 heavy (non-hydrogen) atoms. The molecule has 2 heterocycles. The maximum absolute atomic E-state index is 13.5. The van der Waals surface area contributed by atoms with E-state index < -0.39 is 11.5 Å². The average molecular weight is 491 g/mol. The predicted molar refractivity (Wildman–Crippen MR) is 140 cm³/mol. The van der Waals surface area contributed by atoms with Gasteiger partial charge < -0.3 is 24.5 Å². The normalized spacial score (nSPS) is 15.3. The molecular weight excluding hydrogens is 456 g/mol. The highest BCUT2D eigenvalue weighted by Crippen LogP contribution is 2.41. The summed E-state index contributed by atoms with van der Waals surface area (Å²) in [5.41, 5.74) is 2.87. The molecule has 1 atom stereocenters. The number of hydrogen-bond acceptors (Lipinski definition) is 5. The fourth-order valence-electron chi connectivity index (χ4n) is 4.77. The molecule has 0 unspecified atom stereocenters. The number of nitrogens with zero attached hydrogens (tertiary/aromatic N) is 1. The molecule has 2 N–H and O–H groups in total. The van der Waals surface area contributed by atoms with Gasteiger partial charge >= 0.3 is 0 Å². The SMILES string of the molecule is CCCCc1[nH]c(=O)c(C(=O)N2CC[C@H](OCc3ccccc3)C2)c(O)c1-c1c(C)cccc1OC. The number of H-pyrrole nitrogens is 1. The number of carbonyl (C=O) groups is 1. The Labute approximate surface area is 211 Å². The van der Waals surface area contributed by atoms with Gasteiger partial charge in [0, 0.05) is 29.9 Å². The minimum atomic E-state index is -0.575. The first kappa shape index (κ1) is 25.5. The first-order valence-corrected chi connectivity index (χ1v) is 12.5. The monoisotopic (exact) mass is 490 g/mol. The fraction of sp³-hybridized carbons (Fsp3) is 0.379. The Bertz CT molecular complexity index is 1270. The van der Waals surface area contributed by atoms with Gasteiger partial charge in [0.1, 0.15) is 17.1 Å². The number of benzene rings is 2. The van der Waals surface area contributed by atoms with E-state index in [1.54, 1.807) is 12.0 Å². The largest absolute Gasteiger partial charge is 0.506 e. The van der Waals surface area contributed by atoms with Crippen LogP contribution in [0, 0.1) is 6.92 Å². The van der Waals surface area contributed by atoms with Gasteiger partial charge in [-0.1, -0.05) is 55.8 Å². The van der Waals surface area contributed by atoms with Crippen molar-refractivity contribution in [2.75, 3.05) is 20.2 Å². The van der Waals surface area contributed by atoms with Crippen LogP contribution in [0.3, 0.4) is 0 Å². The summed E-state index contributed by atoms with van der Waals surface area (Å²) in [5, 5.41) is 11.4. The molecule has 7 heteroatoms. The number of ether oxygens (including phenoxy) is 2. The van der Waals surface area contributed by atoms with Crippen LogP contribution in [-0.2, 0) is 17.8 Å². The van der Waals surface area contributed by atoms with Crippen molar-refractivity contribution in [1.29, 1.82) is 0 Å². The molecule has 0 bridgehead atoms. The second kappa shape index (κ2) is 11.4. The van der Waals surface area contributed by atoms with Crippen molar-refractivity contribution in [3.05, 3.63) is 81.3 Å². The zero-order valence-electron chi connectivity index (χ0n) is 21.2. The van der Waals surface area contributed by atoms with Crippen LogP contribution in [0.1, 0.15) is 53.4 Å². The van der Waals surface area contributed by atoms with Gasteiger partial charge in [-0.05, 0) is 43.4 Å². The summed E-state index contributed by atoms with van der Waals surface area (Å²) in [6.07, 6.45) is 2.86. The minimum Gasteiger partial charge on any atom is -0.506 e. The van der Waals surface area contributed by atoms with Crippen LogP contribution in [0.25, 0.3) is 11.1 Å². The lowest BCUT2D eigenvalue weighted by Crippen LogP contribution is -2.34. The molecule has 0 saturated carbocycles. The van der Waals surface area contributed by atoms with Gasteiger partial charge in [0.2, 0.25) is 0 Å². The van der Waals surface area contributed by atoms with Gasteiger partial charge in [0.05, 0.1) is 19.8 Å². The molecular formula is C29H34N2O5. The van der Waals surface area contributed by atoms with E-state index in [0.29, 0.717) is 55.1 Å². The number of aromatic hydroxyl groups is 1. The predicted octanol–water partition coefficient (Wildman–Crippen LogP) is 4.84. The summed E-state index contributed by atoms with van der Waals surface area (Å²) < 4.78 is 11.6. The molecule has 4 rings (SSSR count). The molecule has 0 radical (unpaired) electrons. The second-order valence-corrected chi connectivity index (χ2v) is 9.25. The van der Waals surface area contributed by atoms with Crippen LogP contribution in [0.2, 0.25) is 0 Å². The van der Waals surface area contributed by atoms with Crippen molar-refractivity contribution in [3.63, 3.8) is 0 Å². The van der Waals surface area contributed by atoms with E-state index in [-0.39, 0.29) is 17.4 Å². The number of rotatable bonds is 9. The third-order valence-electron chi connectivity index (χ3n) is 6.73. The molecule has 0 aliphatic carbocycles. The number of amides is 1. The van der Waals surface area contributed by atoms with E-state index in [0.717, 1.165) is 24.0 Å². The van der Waals surface area contributed by atoms with Gasteiger partial charge in [-0.2, -0.15) is 0 Å². The van der Waals surface area contributed by atoms with Crippen LogP contribution in [-0.4, -0.2) is 47.2 Å². The summed E-state index contributed by atoms with van der Waals surface area (Å²) in [4.78, 5) is 31.1. The Hall–Kier alpha value is -3.58. The van der Waals surface area contributed by atoms with Gasteiger partial charge in [-0.15, -0.1) is 0 Å². The van der Waals surface area contributed by atoms with Crippen LogP contribution < -0.4 is 10.3 Å². The van der Waals surface area contributed by atoms with Crippen LogP contribution in [0.4, 0.5) is 0 Å². The topological polar surface area (TPSA) is 91.9 Å². The van der Waals surface area contributed by atoms with E-state index in [4.69, 9.17) is 9.47 Å². The van der Waals surface area contributed by atoms with Crippen molar-refractivity contribution in [2.45, 2.75) is 52.2 Å². The molecule has 1 aromatic heterocycles. The third-order valence-corrected chi connectivity index (χ3v) is 6.73. The lowest BCUT2D eigenvalue weighted by molar-refractivity contribution is 0.0436. The van der Waals surface area contributed by atoms with Crippen molar-refractivity contribution in [2.24, 2.45) is 0 Å². The molecule has 1 fully saturated rings. The highest BCUT2D eigenvalue weighted by Gasteiger charge is 2.33. The molecule has 190 valence electrons. The number of aryl methyl sites for hydroxylation is 2.